The molecule has 1 aliphatic rings. The molecule has 0 nitrogen and oxygen atoms in total. The molecular formula is C10H20. The van der Waals surface area contributed by atoms with Crippen LogP contribution in [0, 0.1) is 23.7 Å². The Hall–Kier alpha value is 0. The average molecular weight is 140 g/mol. The van der Waals surface area contributed by atoms with Crippen LogP contribution in [0.2, 0.25) is 0 Å². The van der Waals surface area contributed by atoms with Gasteiger partial charge in [-0.25, -0.2) is 0 Å². The second kappa shape index (κ2) is 2.94. The summed E-state index contributed by atoms with van der Waals surface area (Å²) < 4.78 is 0. The van der Waals surface area contributed by atoms with Crippen LogP contribution in [0.25, 0.3) is 0 Å². The number of rotatable bonds is 0. The molecule has 0 saturated heterocycles. The molecule has 60 valence electrons. The Morgan fingerprint density at radius 2 is 0.800 bits per heavy atom. The molecule has 0 radical (unpaired) electrons. The van der Waals surface area contributed by atoms with Gasteiger partial charge in [0.05, 0.1) is 0 Å². The molecule has 0 heteroatoms. The topological polar surface area (TPSA) is 0 Å². The molecule has 1 saturated carbocycles. The Morgan fingerprint density at radius 1 is 0.600 bits per heavy atom. The van der Waals surface area contributed by atoms with Gasteiger partial charge >= 0.3 is 0 Å². The molecule has 0 unspecified atom stereocenters. The van der Waals surface area contributed by atoms with Crippen molar-refractivity contribution < 1.29 is 0 Å². The molecule has 0 N–H and O–H groups in total. The Bertz CT molecular complexity index is 80.6. The molecule has 0 aromatic rings. The van der Waals surface area contributed by atoms with Gasteiger partial charge in [-0.05, 0) is 36.5 Å². The van der Waals surface area contributed by atoms with Crippen molar-refractivity contribution in [2.75, 3.05) is 0 Å². The van der Waals surface area contributed by atoms with Crippen LogP contribution in [0.4, 0.5) is 0 Å². The van der Waals surface area contributed by atoms with Crippen LogP contribution >= 0.6 is 0 Å². The van der Waals surface area contributed by atoms with Gasteiger partial charge < -0.3 is 0 Å². The second-order valence-electron chi connectivity index (χ2n) is 4.38. The van der Waals surface area contributed by atoms with Crippen LogP contribution in [0.15, 0.2) is 0 Å². The van der Waals surface area contributed by atoms with Crippen molar-refractivity contribution in [3.63, 3.8) is 0 Å². The largest absolute Gasteiger partial charge is 0.0622 e. The van der Waals surface area contributed by atoms with Crippen molar-refractivity contribution in [3.8, 4) is 0 Å². The van der Waals surface area contributed by atoms with E-state index < -0.39 is 0 Å². The maximum atomic E-state index is 2.40. The molecule has 0 spiro atoms. The van der Waals surface area contributed by atoms with Crippen molar-refractivity contribution in [3.05, 3.63) is 0 Å². The smallest absolute Gasteiger partial charge is 0.0414 e. The fourth-order valence-electron chi connectivity index (χ4n) is 2.10. The van der Waals surface area contributed by atoms with Crippen molar-refractivity contribution in [1.29, 1.82) is 0 Å². The highest BCUT2D eigenvalue weighted by molar-refractivity contribution is 4.77. The lowest BCUT2D eigenvalue weighted by Crippen LogP contribution is -2.25. The van der Waals surface area contributed by atoms with E-state index in [2.05, 4.69) is 27.7 Å². The predicted molar refractivity (Wildman–Crippen MR) is 45.9 cm³/mol. The van der Waals surface area contributed by atoms with E-state index in [0.717, 1.165) is 23.7 Å². The van der Waals surface area contributed by atoms with E-state index in [1.54, 1.807) is 0 Å². The van der Waals surface area contributed by atoms with Crippen LogP contribution in [0.1, 0.15) is 40.5 Å². The van der Waals surface area contributed by atoms with Gasteiger partial charge in [0, 0.05) is 0 Å². The summed E-state index contributed by atoms with van der Waals surface area (Å²) in [4.78, 5) is 0. The molecule has 1 fully saturated rings. The zero-order chi connectivity index (χ0) is 7.72. The van der Waals surface area contributed by atoms with Crippen LogP contribution in [0.3, 0.4) is 0 Å². The van der Waals surface area contributed by atoms with E-state index in [4.69, 9.17) is 0 Å². The molecular weight excluding hydrogens is 120 g/mol. The van der Waals surface area contributed by atoms with E-state index in [1.807, 2.05) is 0 Å². The molecule has 0 bridgehead atoms. The monoisotopic (exact) mass is 140 g/mol. The minimum absolute atomic E-state index is 0.964. The highest BCUT2D eigenvalue weighted by atomic mass is 14.3. The summed E-state index contributed by atoms with van der Waals surface area (Å²) in [5.41, 5.74) is 0. The number of hydrogen-bond donors (Lipinski definition) is 0. The Labute approximate surface area is 65.0 Å². The molecule has 0 amide bonds. The van der Waals surface area contributed by atoms with Crippen LogP contribution in [0.5, 0.6) is 0 Å². The summed E-state index contributed by atoms with van der Waals surface area (Å²) in [7, 11) is 0. The first-order chi connectivity index (χ1) is 4.61. The summed E-state index contributed by atoms with van der Waals surface area (Å²) in [5, 5.41) is 0. The van der Waals surface area contributed by atoms with Crippen molar-refractivity contribution in [2.24, 2.45) is 23.7 Å². The van der Waals surface area contributed by atoms with Crippen LogP contribution in [-0.2, 0) is 0 Å². The molecule has 0 heterocycles. The first kappa shape index (κ1) is 8.10. The van der Waals surface area contributed by atoms with Gasteiger partial charge in [0.15, 0.2) is 0 Å². The van der Waals surface area contributed by atoms with Gasteiger partial charge in [0.1, 0.15) is 0 Å². The molecule has 10 heavy (non-hydrogen) atoms. The van der Waals surface area contributed by atoms with E-state index in [9.17, 15) is 0 Å². The lowest BCUT2D eigenvalue weighted by Gasteiger charge is -2.35. The van der Waals surface area contributed by atoms with Gasteiger partial charge in [0.2, 0.25) is 0 Å². The molecule has 4 atom stereocenters. The van der Waals surface area contributed by atoms with E-state index in [-0.39, 0.29) is 0 Å². The summed E-state index contributed by atoms with van der Waals surface area (Å²) >= 11 is 0. The second-order valence-corrected chi connectivity index (χ2v) is 4.38. The third-order valence-electron chi connectivity index (χ3n) is 3.43. The minimum Gasteiger partial charge on any atom is -0.0622 e. The lowest BCUT2D eigenvalue weighted by atomic mass is 9.71. The maximum Gasteiger partial charge on any atom is -0.0414 e. The average Bonchev–Trinajstić information content (AvgIpc) is 1.84. The van der Waals surface area contributed by atoms with Crippen molar-refractivity contribution >= 4 is 0 Å². The lowest BCUT2D eigenvalue weighted by molar-refractivity contribution is 0.157. The van der Waals surface area contributed by atoms with E-state index in [0.29, 0.717) is 0 Å². The summed E-state index contributed by atoms with van der Waals surface area (Å²) in [5.74, 6) is 3.86. The van der Waals surface area contributed by atoms with Crippen molar-refractivity contribution in [1.82, 2.24) is 0 Å². The Morgan fingerprint density at radius 3 is 1.00 bits per heavy atom. The van der Waals surface area contributed by atoms with Crippen LogP contribution < -0.4 is 0 Å². The van der Waals surface area contributed by atoms with Crippen LogP contribution in [-0.4, -0.2) is 0 Å². The quantitative estimate of drug-likeness (QED) is 0.484. The molecule has 0 aromatic carbocycles. The highest BCUT2D eigenvalue weighted by Crippen LogP contribution is 2.36. The van der Waals surface area contributed by atoms with Gasteiger partial charge in [-0.15, -0.1) is 0 Å². The highest BCUT2D eigenvalue weighted by Gasteiger charge is 2.26. The van der Waals surface area contributed by atoms with Gasteiger partial charge in [-0.3, -0.25) is 0 Å². The minimum atomic E-state index is 0.964. The fraction of sp³-hybridized carbons (Fsp3) is 1.00. The van der Waals surface area contributed by atoms with E-state index in [1.165, 1.54) is 12.8 Å². The van der Waals surface area contributed by atoms with Gasteiger partial charge in [-0.2, -0.15) is 0 Å². The summed E-state index contributed by atoms with van der Waals surface area (Å²) in [6.45, 7) is 9.58. The SMILES string of the molecule is C[C@@H]1C[C@H](C)[C@H](C)C[C@@H]1C. The third-order valence-corrected chi connectivity index (χ3v) is 3.43. The number of hydrogen-bond acceptors (Lipinski definition) is 0. The normalized spacial score (nSPS) is 49.2. The molecule has 0 aromatic heterocycles. The molecule has 0 aliphatic heterocycles. The summed E-state index contributed by atoms with van der Waals surface area (Å²) in [6.07, 6.45) is 2.89. The first-order valence-corrected chi connectivity index (χ1v) is 4.61. The third kappa shape index (κ3) is 1.53. The standard InChI is InChI=1S/C10H20/c1-7-5-9(3)10(4)6-8(7)2/h7-10H,5-6H2,1-4H3/t7-,8+,9+,10-. The van der Waals surface area contributed by atoms with Gasteiger partial charge in [0.25, 0.3) is 0 Å². The first-order valence-electron chi connectivity index (χ1n) is 4.61. The maximum absolute atomic E-state index is 2.40. The Balaban J connectivity index is 2.46. The van der Waals surface area contributed by atoms with Crippen molar-refractivity contribution in [2.45, 2.75) is 40.5 Å². The predicted octanol–water partition coefficient (Wildman–Crippen LogP) is 3.32. The fourth-order valence-corrected chi connectivity index (χ4v) is 2.10. The summed E-state index contributed by atoms with van der Waals surface area (Å²) in [6, 6.07) is 0. The van der Waals surface area contributed by atoms with E-state index >= 15 is 0 Å². The molecule has 1 rings (SSSR count). The zero-order valence-electron chi connectivity index (χ0n) is 7.72. The van der Waals surface area contributed by atoms with Gasteiger partial charge in [-0.1, -0.05) is 27.7 Å². The zero-order valence-corrected chi connectivity index (χ0v) is 7.72. The molecule has 1 aliphatic carbocycles. The Kier molecular flexibility index (Phi) is 2.38.